The summed E-state index contributed by atoms with van der Waals surface area (Å²) in [5.74, 6) is -0.0382. The lowest BCUT2D eigenvalue weighted by molar-refractivity contribution is -0.386. The molecule has 0 amide bonds. The van der Waals surface area contributed by atoms with Gasteiger partial charge in [-0.2, -0.15) is 0 Å². The minimum absolute atomic E-state index is 0.0110. The Morgan fingerprint density at radius 1 is 1.47 bits per heavy atom. The molecule has 0 aliphatic rings. The van der Waals surface area contributed by atoms with Gasteiger partial charge in [0.15, 0.2) is 0 Å². The summed E-state index contributed by atoms with van der Waals surface area (Å²) in [6, 6.07) is 4.85. The summed E-state index contributed by atoms with van der Waals surface area (Å²) in [6.45, 7) is 3.65. The Morgan fingerprint density at radius 3 is 2.53 bits per heavy atom. The van der Waals surface area contributed by atoms with E-state index in [0.29, 0.717) is 5.56 Å². The SMILES string of the molecule is CC(C)[C@H](O)c1ccc(I)cc1[N+](=O)[O-]. The first-order valence-corrected chi connectivity index (χ1v) is 5.63. The van der Waals surface area contributed by atoms with Crippen molar-refractivity contribution in [2.24, 2.45) is 5.92 Å². The Hall–Kier alpha value is -0.690. The molecule has 0 aromatic heterocycles. The van der Waals surface area contributed by atoms with Gasteiger partial charge in [-0.1, -0.05) is 13.8 Å². The number of aliphatic hydroxyl groups is 1. The first-order valence-electron chi connectivity index (χ1n) is 4.55. The predicted molar refractivity (Wildman–Crippen MR) is 65.6 cm³/mol. The summed E-state index contributed by atoms with van der Waals surface area (Å²) >= 11 is 2.01. The third-order valence-electron chi connectivity index (χ3n) is 2.14. The second-order valence-corrected chi connectivity index (χ2v) is 4.89. The zero-order chi connectivity index (χ0) is 11.6. The fourth-order valence-electron chi connectivity index (χ4n) is 1.28. The van der Waals surface area contributed by atoms with Crippen LogP contribution in [0.2, 0.25) is 0 Å². The monoisotopic (exact) mass is 321 g/mol. The van der Waals surface area contributed by atoms with Gasteiger partial charge in [-0.25, -0.2) is 0 Å². The van der Waals surface area contributed by atoms with Crippen LogP contribution < -0.4 is 0 Å². The van der Waals surface area contributed by atoms with Gasteiger partial charge in [0.2, 0.25) is 0 Å². The largest absolute Gasteiger partial charge is 0.388 e. The maximum absolute atomic E-state index is 10.8. The Balaban J connectivity index is 3.22. The van der Waals surface area contributed by atoms with Crippen molar-refractivity contribution in [1.82, 2.24) is 0 Å². The number of rotatable bonds is 3. The molecule has 82 valence electrons. The van der Waals surface area contributed by atoms with Crippen LogP contribution in [0.4, 0.5) is 5.69 Å². The normalized spacial score (nSPS) is 12.9. The second kappa shape index (κ2) is 4.89. The van der Waals surface area contributed by atoms with E-state index < -0.39 is 11.0 Å². The van der Waals surface area contributed by atoms with Crippen molar-refractivity contribution in [3.63, 3.8) is 0 Å². The van der Waals surface area contributed by atoms with E-state index >= 15 is 0 Å². The maximum Gasteiger partial charge on any atom is 0.276 e. The van der Waals surface area contributed by atoms with E-state index in [1.54, 1.807) is 12.1 Å². The lowest BCUT2D eigenvalue weighted by Crippen LogP contribution is -2.08. The Labute approximate surface area is 102 Å². The quantitative estimate of drug-likeness (QED) is 0.529. The van der Waals surface area contributed by atoms with Gasteiger partial charge < -0.3 is 5.11 Å². The molecule has 1 N–H and O–H groups in total. The van der Waals surface area contributed by atoms with Gasteiger partial charge in [0.1, 0.15) is 0 Å². The number of hydrogen-bond acceptors (Lipinski definition) is 3. The van der Waals surface area contributed by atoms with E-state index in [2.05, 4.69) is 0 Å². The average Bonchev–Trinajstić information content (AvgIpc) is 2.16. The molecule has 1 rings (SSSR count). The molecule has 15 heavy (non-hydrogen) atoms. The standard InChI is InChI=1S/C10H12INO3/c1-6(2)10(13)8-4-3-7(11)5-9(8)12(14)15/h3-6,10,13H,1-2H3/t10-/m0/s1. The first-order chi connectivity index (χ1) is 6.93. The molecule has 0 unspecified atom stereocenters. The van der Waals surface area contributed by atoms with Crippen molar-refractivity contribution < 1.29 is 10.0 Å². The van der Waals surface area contributed by atoms with Crippen LogP contribution in [0.25, 0.3) is 0 Å². The highest BCUT2D eigenvalue weighted by molar-refractivity contribution is 14.1. The van der Waals surface area contributed by atoms with Crippen LogP contribution in [-0.4, -0.2) is 10.0 Å². The molecule has 1 aromatic carbocycles. The van der Waals surface area contributed by atoms with Crippen LogP contribution in [0.15, 0.2) is 18.2 Å². The number of halogens is 1. The van der Waals surface area contributed by atoms with Crippen LogP contribution >= 0.6 is 22.6 Å². The number of nitro benzene ring substituents is 1. The lowest BCUT2D eigenvalue weighted by Gasteiger charge is -2.14. The van der Waals surface area contributed by atoms with Crippen molar-refractivity contribution in [1.29, 1.82) is 0 Å². The van der Waals surface area contributed by atoms with Gasteiger partial charge in [0.25, 0.3) is 5.69 Å². The van der Waals surface area contributed by atoms with Gasteiger partial charge in [0, 0.05) is 9.64 Å². The van der Waals surface area contributed by atoms with Crippen molar-refractivity contribution in [3.05, 3.63) is 37.4 Å². The molecule has 1 aromatic rings. The van der Waals surface area contributed by atoms with Crippen molar-refractivity contribution in [2.45, 2.75) is 20.0 Å². The molecule has 0 radical (unpaired) electrons. The smallest absolute Gasteiger partial charge is 0.276 e. The predicted octanol–water partition coefficient (Wildman–Crippen LogP) is 2.89. The molecule has 1 atom stereocenters. The molecule has 0 saturated heterocycles. The number of hydrogen-bond donors (Lipinski definition) is 1. The Morgan fingerprint density at radius 2 is 2.07 bits per heavy atom. The topological polar surface area (TPSA) is 63.4 Å². The number of nitrogens with zero attached hydrogens (tertiary/aromatic N) is 1. The van der Waals surface area contributed by atoms with Crippen molar-refractivity contribution in [2.75, 3.05) is 0 Å². The Kier molecular flexibility index (Phi) is 4.04. The molecule has 4 nitrogen and oxygen atoms in total. The summed E-state index contributed by atoms with van der Waals surface area (Å²) < 4.78 is 0.791. The van der Waals surface area contributed by atoms with Crippen molar-refractivity contribution >= 4 is 28.3 Å². The van der Waals surface area contributed by atoms with Gasteiger partial charge in [-0.15, -0.1) is 0 Å². The van der Waals surface area contributed by atoms with E-state index in [9.17, 15) is 15.2 Å². The highest BCUT2D eigenvalue weighted by Gasteiger charge is 2.22. The zero-order valence-electron chi connectivity index (χ0n) is 8.48. The molecule has 0 fully saturated rings. The second-order valence-electron chi connectivity index (χ2n) is 3.65. The summed E-state index contributed by atoms with van der Waals surface area (Å²) in [5.41, 5.74) is 0.374. The summed E-state index contributed by atoms with van der Waals surface area (Å²) in [5, 5.41) is 20.6. The van der Waals surface area contributed by atoms with Crippen LogP contribution in [0, 0.1) is 19.6 Å². The molecule has 0 heterocycles. The van der Waals surface area contributed by atoms with Gasteiger partial charge in [0.05, 0.1) is 16.6 Å². The third-order valence-corrected chi connectivity index (χ3v) is 2.81. The molecule has 0 bridgehead atoms. The van der Waals surface area contributed by atoms with E-state index in [-0.39, 0.29) is 11.6 Å². The summed E-state index contributed by atoms with van der Waals surface area (Å²) in [6.07, 6.45) is -0.789. The van der Waals surface area contributed by atoms with Crippen LogP contribution in [0.1, 0.15) is 25.5 Å². The molecule has 0 aliphatic carbocycles. The highest BCUT2D eigenvalue weighted by Crippen LogP contribution is 2.30. The summed E-state index contributed by atoms with van der Waals surface area (Å²) in [7, 11) is 0. The van der Waals surface area contributed by atoms with E-state index in [0.717, 1.165) is 3.57 Å². The molecule has 0 aliphatic heterocycles. The lowest BCUT2D eigenvalue weighted by atomic mass is 9.98. The number of aliphatic hydroxyl groups excluding tert-OH is 1. The molecule has 0 saturated carbocycles. The van der Waals surface area contributed by atoms with Gasteiger partial charge in [-0.3, -0.25) is 10.1 Å². The Bertz CT molecular complexity index is 379. The molecular formula is C10H12INO3. The van der Waals surface area contributed by atoms with E-state index in [1.807, 2.05) is 36.4 Å². The number of benzene rings is 1. The molecule has 0 spiro atoms. The van der Waals surface area contributed by atoms with E-state index in [1.165, 1.54) is 6.07 Å². The maximum atomic E-state index is 10.8. The summed E-state index contributed by atoms with van der Waals surface area (Å²) in [4.78, 5) is 10.3. The minimum Gasteiger partial charge on any atom is -0.388 e. The van der Waals surface area contributed by atoms with Crippen LogP contribution in [-0.2, 0) is 0 Å². The highest BCUT2D eigenvalue weighted by atomic mass is 127. The van der Waals surface area contributed by atoms with Gasteiger partial charge in [-0.05, 0) is 40.6 Å². The minimum atomic E-state index is -0.789. The van der Waals surface area contributed by atoms with Crippen LogP contribution in [0.3, 0.4) is 0 Å². The fraction of sp³-hybridized carbons (Fsp3) is 0.400. The van der Waals surface area contributed by atoms with Gasteiger partial charge >= 0.3 is 0 Å². The van der Waals surface area contributed by atoms with E-state index in [4.69, 9.17) is 0 Å². The number of nitro groups is 1. The van der Waals surface area contributed by atoms with Crippen molar-refractivity contribution in [3.8, 4) is 0 Å². The third kappa shape index (κ3) is 2.88. The molecule has 5 heteroatoms. The fourth-order valence-corrected chi connectivity index (χ4v) is 1.76. The van der Waals surface area contributed by atoms with Crippen LogP contribution in [0.5, 0.6) is 0 Å². The first kappa shape index (κ1) is 12.4. The average molecular weight is 321 g/mol. The molecular weight excluding hydrogens is 309 g/mol. The zero-order valence-corrected chi connectivity index (χ0v) is 10.6.